The van der Waals surface area contributed by atoms with Crippen molar-refractivity contribution in [1.82, 2.24) is 0 Å². The Morgan fingerprint density at radius 3 is 1.95 bits per heavy atom. The number of ether oxygens (including phenoxy) is 1. The fraction of sp³-hybridized carbons (Fsp3) is 0.514. The number of esters is 1. The van der Waals surface area contributed by atoms with Crippen LogP contribution in [0.5, 0.6) is 0 Å². The van der Waals surface area contributed by atoms with E-state index in [0.29, 0.717) is 0 Å². The van der Waals surface area contributed by atoms with E-state index in [-0.39, 0.29) is 18.4 Å². The Hall–Kier alpha value is -2.98. The standard InChI is InChI=1S/C15H20O.C12H20O2.C10H18O/c1-3-4-5-7-10-13(2)15(16)14-11-8-6-9-12-14;1-6-12(5,14-11(4)13)9-7-8-10(2)3;1-9(2)5-4-6-10(3)7-8-11/h6,8-9,11-12H,2-5,7,10H2,1H3;6,8H,1,7,9H2,2-5H3;5,7,11H,4,6,8H2,1-3H3/b;;10-7+. The molecule has 0 amide bonds. The molecule has 0 aromatic heterocycles. The highest BCUT2D eigenvalue weighted by molar-refractivity contribution is 6.08. The van der Waals surface area contributed by atoms with Crippen molar-refractivity contribution in [2.75, 3.05) is 6.61 Å². The first kappa shape index (κ1) is 40.2. The lowest BCUT2D eigenvalue weighted by Gasteiger charge is -2.24. The predicted octanol–water partition coefficient (Wildman–Crippen LogP) is 10.3. The van der Waals surface area contributed by atoms with Gasteiger partial charge in [0.05, 0.1) is 6.61 Å². The lowest BCUT2D eigenvalue weighted by Crippen LogP contribution is -2.27. The molecule has 1 N–H and O–H groups in total. The molecule has 1 unspecified atom stereocenters. The Morgan fingerprint density at radius 2 is 1.46 bits per heavy atom. The van der Waals surface area contributed by atoms with Gasteiger partial charge in [0, 0.05) is 12.5 Å². The molecule has 1 atom stereocenters. The Bertz CT molecular complexity index is 973. The van der Waals surface area contributed by atoms with Crippen LogP contribution in [0.1, 0.15) is 124 Å². The van der Waals surface area contributed by atoms with Gasteiger partial charge in [0.1, 0.15) is 5.60 Å². The van der Waals surface area contributed by atoms with Crippen molar-refractivity contribution in [3.05, 3.63) is 95.6 Å². The van der Waals surface area contributed by atoms with Crippen LogP contribution in [-0.2, 0) is 9.53 Å². The molecule has 1 aromatic carbocycles. The number of carbonyl (C=O) groups excluding carboxylic acids is 2. The summed E-state index contributed by atoms with van der Waals surface area (Å²) in [5.41, 5.74) is 4.87. The van der Waals surface area contributed by atoms with Crippen LogP contribution in [-0.4, -0.2) is 29.1 Å². The van der Waals surface area contributed by atoms with E-state index in [1.54, 1.807) is 6.08 Å². The molecule has 0 aliphatic rings. The highest BCUT2D eigenvalue weighted by atomic mass is 16.6. The van der Waals surface area contributed by atoms with Crippen molar-refractivity contribution in [2.45, 2.75) is 119 Å². The number of aliphatic hydroxyl groups is 1. The number of benzene rings is 1. The van der Waals surface area contributed by atoms with Gasteiger partial charge < -0.3 is 9.84 Å². The van der Waals surface area contributed by atoms with Crippen molar-refractivity contribution < 1.29 is 19.4 Å². The summed E-state index contributed by atoms with van der Waals surface area (Å²) in [6.45, 7) is 23.6. The molecule has 4 nitrogen and oxygen atoms in total. The van der Waals surface area contributed by atoms with E-state index in [1.165, 1.54) is 42.9 Å². The third kappa shape index (κ3) is 24.5. The second-order valence-corrected chi connectivity index (χ2v) is 11.1. The smallest absolute Gasteiger partial charge is 0.303 e. The summed E-state index contributed by atoms with van der Waals surface area (Å²) in [5.74, 6) is -0.165. The Balaban J connectivity index is 0. The molecule has 0 spiro atoms. The fourth-order valence-corrected chi connectivity index (χ4v) is 3.69. The SMILES string of the molecule is C=C(CCCCCC)C(=O)c1ccccc1.C=CC(C)(CCC=C(C)C)OC(C)=O.CC(C)=CCC/C(C)=C/CO. The Kier molecular flexibility index (Phi) is 24.3. The maximum Gasteiger partial charge on any atom is 0.303 e. The van der Waals surface area contributed by atoms with E-state index in [4.69, 9.17) is 9.84 Å². The summed E-state index contributed by atoms with van der Waals surface area (Å²) in [7, 11) is 0. The molecule has 0 aliphatic heterocycles. The summed E-state index contributed by atoms with van der Waals surface area (Å²) in [5, 5.41) is 8.55. The van der Waals surface area contributed by atoms with Crippen LogP contribution in [0.15, 0.2) is 90.1 Å². The van der Waals surface area contributed by atoms with Gasteiger partial charge in [-0.1, -0.05) is 105 Å². The molecule has 0 aliphatic carbocycles. The maximum atomic E-state index is 11.9. The summed E-state index contributed by atoms with van der Waals surface area (Å²) < 4.78 is 5.18. The largest absolute Gasteiger partial charge is 0.455 e. The number of unbranched alkanes of at least 4 members (excludes halogenated alkanes) is 3. The summed E-state index contributed by atoms with van der Waals surface area (Å²) in [4.78, 5) is 22.7. The van der Waals surface area contributed by atoms with Gasteiger partial charge >= 0.3 is 5.97 Å². The van der Waals surface area contributed by atoms with Crippen molar-refractivity contribution in [2.24, 2.45) is 0 Å². The summed E-state index contributed by atoms with van der Waals surface area (Å²) in [6, 6.07) is 9.38. The molecule has 41 heavy (non-hydrogen) atoms. The third-order valence-corrected chi connectivity index (χ3v) is 6.22. The zero-order valence-corrected chi connectivity index (χ0v) is 27.4. The minimum Gasteiger partial charge on any atom is -0.455 e. The number of rotatable bonds is 16. The lowest BCUT2D eigenvalue weighted by molar-refractivity contribution is -0.151. The number of Topliss-reactive ketones (excluding diaryl/α,β-unsaturated/α-hetero) is 1. The second-order valence-electron chi connectivity index (χ2n) is 11.1. The average Bonchev–Trinajstić information content (AvgIpc) is 2.91. The average molecular weight is 567 g/mol. The van der Waals surface area contributed by atoms with Crippen LogP contribution in [0, 0.1) is 0 Å². The summed E-state index contributed by atoms with van der Waals surface area (Å²) in [6.07, 6.45) is 17.3. The number of carbonyl (C=O) groups is 2. The first-order valence-corrected chi connectivity index (χ1v) is 15.0. The molecule has 0 fully saturated rings. The third-order valence-electron chi connectivity index (χ3n) is 6.22. The quantitative estimate of drug-likeness (QED) is 0.0711. The van der Waals surface area contributed by atoms with E-state index >= 15 is 0 Å². The molecule has 1 aromatic rings. The molecule has 0 saturated carbocycles. The predicted molar refractivity (Wildman–Crippen MR) is 177 cm³/mol. The van der Waals surface area contributed by atoms with Crippen LogP contribution >= 0.6 is 0 Å². The number of hydrogen-bond donors (Lipinski definition) is 1. The molecular weight excluding hydrogens is 508 g/mol. The normalized spacial score (nSPS) is 11.8. The monoisotopic (exact) mass is 566 g/mol. The van der Waals surface area contributed by atoms with Gasteiger partial charge in [0.15, 0.2) is 5.78 Å². The molecule has 0 radical (unpaired) electrons. The van der Waals surface area contributed by atoms with Gasteiger partial charge in [-0.05, 0) is 91.7 Å². The highest BCUT2D eigenvalue weighted by Gasteiger charge is 2.22. The van der Waals surface area contributed by atoms with Crippen molar-refractivity contribution in [3.63, 3.8) is 0 Å². The fourth-order valence-electron chi connectivity index (χ4n) is 3.69. The van der Waals surface area contributed by atoms with Gasteiger partial charge in [-0.25, -0.2) is 0 Å². The minimum atomic E-state index is -0.530. The molecule has 0 bridgehead atoms. The Morgan fingerprint density at radius 1 is 0.878 bits per heavy atom. The van der Waals surface area contributed by atoms with Gasteiger partial charge in [0.25, 0.3) is 0 Å². The number of ketones is 1. The lowest BCUT2D eigenvalue weighted by atomic mass is 9.99. The van der Waals surface area contributed by atoms with E-state index < -0.39 is 5.60 Å². The van der Waals surface area contributed by atoms with Gasteiger partial charge in [-0.2, -0.15) is 0 Å². The Labute approximate surface area is 252 Å². The molecule has 1 rings (SSSR count). The van der Waals surface area contributed by atoms with E-state index in [0.717, 1.165) is 49.7 Å². The van der Waals surface area contributed by atoms with Crippen LogP contribution in [0.25, 0.3) is 0 Å². The second kappa shape index (κ2) is 24.8. The molecular formula is C37H58O4. The van der Waals surface area contributed by atoms with Crippen LogP contribution in [0.2, 0.25) is 0 Å². The van der Waals surface area contributed by atoms with Gasteiger partial charge in [-0.3, -0.25) is 9.59 Å². The molecule has 4 heteroatoms. The van der Waals surface area contributed by atoms with E-state index in [1.807, 2.05) is 43.3 Å². The first-order valence-electron chi connectivity index (χ1n) is 15.0. The number of hydrogen-bond acceptors (Lipinski definition) is 4. The van der Waals surface area contributed by atoms with Crippen LogP contribution in [0.3, 0.4) is 0 Å². The summed E-state index contributed by atoms with van der Waals surface area (Å²) >= 11 is 0. The van der Waals surface area contributed by atoms with Crippen LogP contribution in [0.4, 0.5) is 0 Å². The van der Waals surface area contributed by atoms with Crippen molar-refractivity contribution in [3.8, 4) is 0 Å². The minimum absolute atomic E-state index is 0.0945. The first-order chi connectivity index (χ1) is 19.3. The van der Waals surface area contributed by atoms with Crippen molar-refractivity contribution >= 4 is 11.8 Å². The topological polar surface area (TPSA) is 63.6 Å². The number of allylic oxidation sites excluding steroid dienone is 6. The zero-order chi connectivity index (χ0) is 31.7. The maximum absolute atomic E-state index is 11.9. The molecule has 0 saturated heterocycles. The zero-order valence-electron chi connectivity index (χ0n) is 27.4. The molecule has 230 valence electrons. The molecule has 0 heterocycles. The van der Waals surface area contributed by atoms with E-state index in [2.05, 4.69) is 66.9 Å². The van der Waals surface area contributed by atoms with E-state index in [9.17, 15) is 9.59 Å². The van der Waals surface area contributed by atoms with Gasteiger partial charge in [-0.15, -0.1) is 0 Å². The number of aliphatic hydroxyl groups excluding tert-OH is 1. The van der Waals surface area contributed by atoms with Gasteiger partial charge in [0.2, 0.25) is 0 Å². The van der Waals surface area contributed by atoms with Crippen molar-refractivity contribution in [1.29, 1.82) is 0 Å². The highest BCUT2D eigenvalue weighted by Crippen LogP contribution is 2.20. The van der Waals surface area contributed by atoms with Crippen LogP contribution < -0.4 is 0 Å².